The smallest absolute Gasteiger partial charge is 0.293 e. The van der Waals surface area contributed by atoms with Crippen LogP contribution in [-0.2, 0) is 0 Å². The second-order valence-electron chi connectivity index (χ2n) is 7.63. The fourth-order valence-electron chi connectivity index (χ4n) is 3.57. The second kappa shape index (κ2) is 8.35. The number of benzene rings is 3. The summed E-state index contributed by atoms with van der Waals surface area (Å²) < 4.78 is 11.5. The fourth-order valence-corrected chi connectivity index (χ4v) is 4.00. The van der Waals surface area contributed by atoms with E-state index in [0.717, 1.165) is 16.5 Å². The molecule has 5 aromatic rings. The number of anilines is 1. The van der Waals surface area contributed by atoms with E-state index in [-0.39, 0.29) is 10.9 Å². The maximum absolute atomic E-state index is 12.6. The summed E-state index contributed by atoms with van der Waals surface area (Å²) in [6.07, 6.45) is 0. The lowest BCUT2D eigenvalue weighted by molar-refractivity contribution is 0.0953. The van der Waals surface area contributed by atoms with Crippen LogP contribution in [0.25, 0.3) is 33.5 Å². The highest BCUT2D eigenvalue weighted by Gasteiger charge is 2.16. The first-order valence-corrected chi connectivity index (χ1v) is 11.0. The fraction of sp³-hybridized carbons (Fsp3) is 0.0800. The Balaban J connectivity index is 1.33. The molecule has 0 fully saturated rings. The van der Waals surface area contributed by atoms with Crippen molar-refractivity contribution in [3.8, 4) is 11.5 Å². The summed E-state index contributed by atoms with van der Waals surface area (Å²) in [5, 5.41) is 6.92. The molecule has 0 saturated carbocycles. The first kappa shape index (κ1) is 21.2. The molecule has 8 heteroatoms. The Morgan fingerprint density at radius 1 is 1.03 bits per heavy atom. The maximum atomic E-state index is 12.6. The Morgan fingerprint density at radius 2 is 1.85 bits per heavy atom. The Morgan fingerprint density at radius 3 is 2.67 bits per heavy atom. The number of amides is 1. The number of nitrogens with one attached hydrogen (secondary N) is 2. The number of fused-ring (bicyclic) bond motifs is 2. The molecule has 0 atom stereocenters. The molecule has 33 heavy (non-hydrogen) atoms. The van der Waals surface area contributed by atoms with Gasteiger partial charge in [-0.3, -0.25) is 10.1 Å². The Kier molecular flexibility index (Phi) is 5.36. The van der Waals surface area contributed by atoms with Crippen LogP contribution in [0, 0.1) is 13.8 Å². The zero-order chi connectivity index (χ0) is 23.1. The van der Waals surface area contributed by atoms with E-state index in [2.05, 4.69) is 28.6 Å². The third-order valence-electron chi connectivity index (χ3n) is 5.43. The first-order valence-electron chi connectivity index (χ1n) is 10.2. The van der Waals surface area contributed by atoms with Crippen molar-refractivity contribution in [2.45, 2.75) is 13.8 Å². The molecule has 0 saturated heterocycles. The monoisotopic (exact) mass is 475 g/mol. The zero-order valence-electron chi connectivity index (χ0n) is 17.7. The normalized spacial score (nSPS) is 11.1. The summed E-state index contributed by atoms with van der Waals surface area (Å²) in [6.45, 7) is 4.10. The number of furan rings is 1. The summed E-state index contributed by atoms with van der Waals surface area (Å²) >= 11 is 11.4. The van der Waals surface area contributed by atoms with Gasteiger partial charge < -0.3 is 14.2 Å². The van der Waals surface area contributed by atoms with Crippen LogP contribution in [0.15, 0.2) is 69.5 Å². The largest absolute Gasteiger partial charge is 0.449 e. The number of hydrogen-bond acceptors (Lipinski definition) is 5. The zero-order valence-corrected chi connectivity index (χ0v) is 19.3. The second-order valence-corrected chi connectivity index (χ2v) is 8.44. The lowest BCUT2D eigenvalue weighted by Gasteiger charge is -2.08. The molecule has 0 bridgehead atoms. The van der Waals surface area contributed by atoms with E-state index in [9.17, 15) is 4.79 Å². The number of aromatic nitrogens is 1. The molecule has 0 spiro atoms. The van der Waals surface area contributed by atoms with Gasteiger partial charge in [0.2, 0.25) is 5.89 Å². The number of halogens is 1. The van der Waals surface area contributed by atoms with Crippen LogP contribution < -0.4 is 10.6 Å². The van der Waals surface area contributed by atoms with Crippen molar-refractivity contribution >= 4 is 62.6 Å². The molecule has 2 aromatic heterocycles. The van der Waals surface area contributed by atoms with Gasteiger partial charge in [-0.1, -0.05) is 35.9 Å². The topological polar surface area (TPSA) is 80.3 Å². The van der Waals surface area contributed by atoms with Gasteiger partial charge in [-0.25, -0.2) is 4.98 Å². The molecule has 2 heterocycles. The number of thiocarbonyl (C=S) groups is 1. The number of oxazole rings is 1. The standard InChI is InChI=1S/C25H18ClN3O3S/c1-13-5-3-7-17(14(13)2)24-28-19-12-16(9-10-20(19)32-24)27-25(33)29-23(30)21-11-15-6-4-8-18(26)22(15)31-21/h3-12H,1-2H3,(H2,27,29,30,33). The SMILES string of the molecule is Cc1cccc(-c2nc3cc(NC(=S)NC(=O)c4cc5cccc(Cl)c5o4)ccc3o2)c1C. The molecular weight excluding hydrogens is 458 g/mol. The number of para-hydroxylation sites is 1. The molecule has 5 rings (SSSR count). The Labute approximate surface area is 199 Å². The van der Waals surface area contributed by atoms with E-state index in [1.165, 1.54) is 5.56 Å². The molecule has 3 aromatic carbocycles. The molecule has 0 radical (unpaired) electrons. The molecular formula is C25H18ClN3O3S. The van der Waals surface area contributed by atoms with Crippen molar-refractivity contribution in [3.05, 3.63) is 82.6 Å². The lowest BCUT2D eigenvalue weighted by Crippen LogP contribution is -2.33. The van der Waals surface area contributed by atoms with Crippen molar-refractivity contribution in [1.29, 1.82) is 0 Å². The van der Waals surface area contributed by atoms with Crippen LogP contribution in [0.2, 0.25) is 5.02 Å². The summed E-state index contributed by atoms with van der Waals surface area (Å²) in [7, 11) is 0. The van der Waals surface area contributed by atoms with E-state index in [1.54, 1.807) is 24.3 Å². The quantitative estimate of drug-likeness (QED) is 0.285. The minimum Gasteiger partial charge on any atom is -0.449 e. The van der Waals surface area contributed by atoms with Gasteiger partial charge in [0.05, 0.1) is 5.02 Å². The van der Waals surface area contributed by atoms with Crippen molar-refractivity contribution < 1.29 is 13.6 Å². The van der Waals surface area contributed by atoms with Crippen molar-refractivity contribution in [2.75, 3.05) is 5.32 Å². The Bertz CT molecular complexity index is 1550. The molecule has 0 aliphatic rings. The Hall–Kier alpha value is -3.68. The minimum absolute atomic E-state index is 0.118. The third kappa shape index (κ3) is 4.08. The highest BCUT2D eigenvalue weighted by molar-refractivity contribution is 7.80. The summed E-state index contributed by atoms with van der Waals surface area (Å²) in [4.78, 5) is 17.2. The highest BCUT2D eigenvalue weighted by atomic mass is 35.5. The van der Waals surface area contributed by atoms with E-state index in [4.69, 9.17) is 32.7 Å². The molecule has 0 aliphatic heterocycles. The maximum Gasteiger partial charge on any atom is 0.293 e. The van der Waals surface area contributed by atoms with E-state index in [1.807, 2.05) is 37.3 Å². The van der Waals surface area contributed by atoms with Crippen LogP contribution >= 0.6 is 23.8 Å². The molecule has 0 aliphatic carbocycles. The van der Waals surface area contributed by atoms with Crippen LogP contribution in [0.1, 0.15) is 21.7 Å². The number of carbonyl (C=O) groups excluding carboxylic acids is 1. The summed E-state index contributed by atoms with van der Waals surface area (Å²) in [5.41, 5.74) is 5.71. The van der Waals surface area contributed by atoms with Gasteiger partial charge in [0.1, 0.15) is 5.52 Å². The number of rotatable bonds is 3. The van der Waals surface area contributed by atoms with E-state index >= 15 is 0 Å². The van der Waals surface area contributed by atoms with Crippen molar-refractivity contribution in [1.82, 2.24) is 10.3 Å². The number of aryl methyl sites for hydroxylation is 1. The van der Waals surface area contributed by atoms with Gasteiger partial charge in [-0.2, -0.15) is 0 Å². The number of nitrogens with zero attached hydrogens (tertiary/aromatic N) is 1. The highest BCUT2D eigenvalue weighted by Crippen LogP contribution is 2.30. The molecule has 2 N–H and O–H groups in total. The molecule has 0 unspecified atom stereocenters. The van der Waals surface area contributed by atoms with Crippen LogP contribution in [0.5, 0.6) is 0 Å². The van der Waals surface area contributed by atoms with E-state index in [0.29, 0.717) is 33.3 Å². The first-order chi connectivity index (χ1) is 15.9. The van der Waals surface area contributed by atoms with Gasteiger partial charge in [0.15, 0.2) is 22.0 Å². The average Bonchev–Trinajstić information content (AvgIpc) is 3.40. The van der Waals surface area contributed by atoms with Crippen LogP contribution in [0.3, 0.4) is 0 Å². The van der Waals surface area contributed by atoms with Gasteiger partial charge in [0, 0.05) is 16.6 Å². The van der Waals surface area contributed by atoms with Gasteiger partial charge >= 0.3 is 0 Å². The molecule has 6 nitrogen and oxygen atoms in total. The van der Waals surface area contributed by atoms with Crippen LogP contribution in [0.4, 0.5) is 5.69 Å². The third-order valence-corrected chi connectivity index (χ3v) is 5.93. The van der Waals surface area contributed by atoms with Gasteiger partial charge in [0.25, 0.3) is 5.91 Å². The predicted molar refractivity (Wildman–Crippen MR) is 134 cm³/mol. The van der Waals surface area contributed by atoms with Crippen molar-refractivity contribution in [2.24, 2.45) is 0 Å². The number of hydrogen-bond donors (Lipinski definition) is 2. The molecule has 164 valence electrons. The van der Waals surface area contributed by atoms with Crippen LogP contribution in [-0.4, -0.2) is 16.0 Å². The van der Waals surface area contributed by atoms with Gasteiger partial charge in [-0.05, 0) is 73.6 Å². The summed E-state index contributed by atoms with van der Waals surface area (Å²) in [6, 6.07) is 18.4. The van der Waals surface area contributed by atoms with Gasteiger partial charge in [-0.15, -0.1) is 0 Å². The number of carbonyl (C=O) groups is 1. The van der Waals surface area contributed by atoms with E-state index < -0.39 is 5.91 Å². The minimum atomic E-state index is -0.473. The van der Waals surface area contributed by atoms with Crippen molar-refractivity contribution in [3.63, 3.8) is 0 Å². The summed E-state index contributed by atoms with van der Waals surface area (Å²) in [5.74, 6) is 0.203. The average molecular weight is 476 g/mol. The lowest BCUT2D eigenvalue weighted by atomic mass is 10.0. The molecule has 1 amide bonds. The predicted octanol–water partition coefficient (Wildman–Crippen LogP) is 6.64.